The van der Waals surface area contributed by atoms with Gasteiger partial charge in [-0.1, -0.05) is 24.3 Å². The summed E-state index contributed by atoms with van der Waals surface area (Å²) >= 11 is 0. The summed E-state index contributed by atoms with van der Waals surface area (Å²) in [4.78, 5) is 37.1. The number of piperidine rings is 1. The van der Waals surface area contributed by atoms with E-state index in [2.05, 4.69) is 16.0 Å². The van der Waals surface area contributed by atoms with Crippen molar-refractivity contribution in [3.63, 3.8) is 0 Å². The number of nitrogens with zero attached hydrogens (tertiary/aromatic N) is 3. The van der Waals surface area contributed by atoms with Gasteiger partial charge in [-0.25, -0.2) is 4.98 Å². The maximum absolute atomic E-state index is 13.1. The van der Waals surface area contributed by atoms with E-state index in [1.807, 2.05) is 30.1 Å². The molecule has 3 heterocycles. The second kappa shape index (κ2) is 6.34. The molecule has 1 aromatic heterocycles. The van der Waals surface area contributed by atoms with Crippen molar-refractivity contribution in [3.8, 4) is 5.75 Å². The van der Waals surface area contributed by atoms with Gasteiger partial charge < -0.3 is 14.5 Å². The Kier molecular flexibility index (Phi) is 3.87. The van der Waals surface area contributed by atoms with E-state index >= 15 is 0 Å². The normalized spacial score (nSPS) is 17.8. The molecule has 0 unspecified atom stereocenters. The molecule has 148 valence electrons. The standard InChI is InChI=1S/C22H22N4O3/c1-25-16-8-4-3-7-15(16)22(20(25)28)10-12-26(13-11-22)21-23-18-14(19(27)24-21)6-5-9-17(18)29-2/h3-9H,10-13H2,1-2H3,(H,23,24,27). The number of hydrogen-bond donors (Lipinski definition) is 1. The molecule has 2 aliphatic rings. The number of aromatic amines is 1. The van der Waals surface area contributed by atoms with Crippen LogP contribution in [-0.2, 0) is 10.2 Å². The smallest absolute Gasteiger partial charge is 0.260 e. The van der Waals surface area contributed by atoms with Gasteiger partial charge in [0.1, 0.15) is 11.3 Å². The molecule has 7 nitrogen and oxygen atoms in total. The first-order valence-corrected chi connectivity index (χ1v) is 9.75. The van der Waals surface area contributed by atoms with Crippen LogP contribution < -0.4 is 20.1 Å². The summed E-state index contributed by atoms with van der Waals surface area (Å²) in [7, 11) is 3.42. The molecule has 0 bridgehead atoms. The van der Waals surface area contributed by atoms with Gasteiger partial charge in [0.05, 0.1) is 17.9 Å². The van der Waals surface area contributed by atoms with Gasteiger partial charge in [0.25, 0.3) is 5.56 Å². The molecule has 29 heavy (non-hydrogen) atoms. The van der Waals surface area contributed by atoms with Crippen molar-refractivity contribution in [3.05, 3.63) is 58.4 Å². The van der Waals surface area contributed by atoms with Gasteiger partial charge in [0.15, 0.2) is 0 Å². The molecule has 0 atom stereocenters. The van der Waals surface area contributed by atoms with Crippen LogP contribution in [0.1, 0.15) is 18.4 Å². The lowest BCUT2D eigenvalue weighted by atomic mass is 9.73. The number of nitrogens with one attached hydrogen (secondary N) is 1. The van der Waals surface area contributed by atoms with E-state index in [9.17, 15) is 9.59 Å². The monoisotopic (exact) mass is 390 g/mol. The molecule has 5 rings (SSSR count). The minimum atomic E-state index is -0.489. The van der Waals surface area contributed by atoms with Crippen LogP contribution in [0.25, 0.3) is 10.9 Å². The summed E-state index contributed by atoms with van der Waals surface area (Å²) in [6.45, 7) is 1.27. The fourth-order valence-electron chi connectivity index (χ4n) is 4.74. The summed E-state index contributed by atoms with van der Waals surface area (Å²) in [5.41, 5.74) is 1.97. The number of carbonyl (C=O) groups excluding carboxylic acids is 1. The third kappa shape index (κ3) is 2.46. The predicted molar refractivity (Wildman–Crippen MR) is 112 cm³/mol. The molecule has 7 heteroatoms. The Balaban J connectivity index is 1.49. The summed E-state index contributed by atoms with van der Waals surface area (Å²) in [5, 5.41) is 0.503. The Morgan fingerprint density at radius 2 is 1.83 bits per heavy atom. The van der Waals surface area contributed by atoms with E-state index in [-0.39, 0.29) is 11.5 Å². The number of ether oxygens (including phenoxy) is 1. The van der Waals surface area contributed by atoms with Crippen molar-refractivity contribution < 1.29 is 9.53 Å². The second-order valence-electron chi connectivity index (χ2n) is 7.70. The largest absolute Gasteiger partial charge is 0.494 e. The van der Waals surface area contributed by atoms with E-state index in [4.69, 9.17) is 4.74 Å². The first kappa shape index (κ1) is 17.7. The number of methoxy groups -OCH3 is 1. The first-order valence-electron chi connectivity index (χ1n) is 9.75. The van der Waals surface area contributed by atoms with Gasteiger partial charge >= 0.3 is 0 Å². The Hall–Kier alpha value is -3.35. The lowest BCUT2D eigenvalue weighted by molar-refractivity contribution is -0.123. The minimum Gasteiger partial charge on any atom is -0.494 e. The number of rotatable bonds is 2. The molecule has 1 spiro atoms. The number of fused-ring (bicyclic) bond motifs is 3. The van der Waals surface area contributed by atoms with Crippen molar-refractivity contribution in [2.45, 2.75) is 18.3 Å². The van der Waals surface area contributed by atoms with Crippen LogP contribution >= 0.6 is 0 Å². The highest BCUT2D eigenvalue weighted by Crippen LogP contribution is 2.47. The molecule has 2 aliphatic heterocycles. The number of benzene rings is 2. The maximum Gasteiger partial charge on any atom is 0.260 e. The van der Waals surface area contributed by atoms with Crippen LogP contribution in [0.15, 0.2) is 47.3 Å². The van der Waals surface area contributed by atoms with Crippen LogP contribution in [0.4, 0.5) is 11.6 Å². The van der Waals surface area contributed by atoms with Gasteiger partial charge in [0.2, 0.25) is 11.9 Å². The zero-order chi connectivity index (χ0) is 20.2. The molecular weight excluding hydrogens is 368 g/mol. The Bertz CT molecular complexity index is 1180. The molecule has 1 fully saturated rings. The van der Waals surface area contributed by atoms with Gasteiger partial charge in [-0.3, -0.25) is 14.6 Å². The SMILES string of the molecule is COc1cccc2c(=O)[nH]c(N3CCC4(CC3)C(=O)N(C)c3ccccc34)nc12. The van der Waals surface area contributed by atoms with E-state index in [0.717, 1.165) is 11.3 Å². The van der Waals surface area contributed by atoms with Crippen LogP contribution in [-0.4, -0.2) is 43.1 Å². The molecule has 1 saturated heterocycles. The highest BCUT2D eigenvalue weighted by molar-refractivity contribution is 6.08. The summed E-state index contributed by atoms with van der Waals surface area (Å²) in [6, 6.07) is 13.3. The highest BCUT2D eigenvalue weighted by atomic mass is 16.5. The van der Waals surface area contributed by atoms with Crippen LogP contribution in [0, 0.1) is 0 Å². The average Bonchev–Trinajstić information content (AvgIpc) is 2.96. The van der Waals surface area contributed by atoms with Gasteiger partial charge in [0, 0.05) is 25.8 Å². The van der Waals surface area contributed by atoms with Crippen LogP contribution in [0.3, 0.4) is 0 Å². The summed E-state index contributed by atoms with van der Waals surface area (Å²) < 4.78 is 5.38. The molecule has 3 aromatic rings. The number of hydrogen-bond acceptors (Lipinski definition) is 5. The van der Waals surface area contributed by atoms with Crippen LogP contribution in [0.5, 0.6) is 5.75 Å². The summed E-state index contributed by atoms with van der Waals surface area (Å²) in [5.74, 6) is 1.25. The molecule has 0 aliphatic carbocycles. The molecule has 1 N–H and O–H groups in total. The number of amides is 1. The van der Waals surface area contributed by atoms with Crippen molar-refractivity contribution >= 4 is 28.4 Å². The molecule has 2 aromatic carbocycles. The second-order valence-corrected chi connectivity index (χ2v) is 7.70. The number of anilines is 2. The van der Waals surface area contributed by atoms with E-state index in [0.29, 0.717) is 48.5 Å². The number of H-pyrrole nitrogens is 1. The topological polar surface area (TPSA) is 78.5 Å². The van der Waals surface area contributed by atoms with Crippen molar-refractivity contribution in [2.75, 3.05) is 37.0 Å². The fourth-order valence-corrected chi connectivity index (χ4v) is 4.74. The number of aromatic nitrogens is 2. The fraction of sp³-hybridized carbons (Fsp3) is 0.318. The number of para-hydroxylation sites is 2. The van der Waals surface area contributed by atoms with Crippen molar-refractivity contribution in [1.29, 1.82) is 0 Å². The van der Waals surface area contributed by atoms with Crippen molar-refractivity contribution in [2.24, 2.45) is 0 Å². The van der Waals surface area contributed by atoms with Gasteiger partial charge in [-0.15, -0.1) is 0 Å². The third-order valence-electron chi connectivity index (χ3n) is 6.32. The zero-order valence-corrected chi connectivity index (χ0v) is 16.4. The van der Waals surface area contributed by atoms with E-state index in [1.54, 1.807) is 30.2 Å². The van der Waals surface area contributed by atoms with Gasteiger partial charge in [-0.2, -0.15) is 0 Å². The Labute approximate surface area is 167 Å². The van der Waals surface area contributed by atoms with E-state index in [1.165, 1.54) is 0 Å². The Morgan fingerprint density at radius 1 is 1.07 bits per heavy atom. The lowest BCUT2D eigenvalue weighted by Crippen LogP contribution is -2.48. The molecule has 0 radical (unpaired) electrons. The molecule has 1 amide bonds. The van der Waals surface area contributed by atoms with E-state index < -0.39 is 5.41 Å². The molecular formula is C22H22N4O3. The minimum absolute atomic E-state index is 0.153. The Morgan fingerprint density at radius 3 is 2.59 bits per heavy atom. The average molecular weight is 390 g/mol. The number of likely N-dealkylation sites (N-methyl/N-ethyl adjacent to an activating group) is 1. The summed E-state index contributed by atoms with van der Waals surface area (Å²) in [6.07, 6.45) is 1.36. The quantitative estimate of drug-likeness (QED) is 0.727. The predicted octanol–water partition coefficient (Wildman–Crippen LogP) is 2.45. The van der Waals surface area contributed by atoms with Crippen molar-refractivity contribution in [1.82, 2.24) is 9.97 Å². The first-order chi connectivity index (χ1) is 14.0. The lowest BCUT2D eigenvalue weighted by Gasteiger charge is -2.38. The molecule has 0 saturated carbocycles. The highest BCUT2D eigenvalue weighted by Gasteiger charge is 2.51. The zero-order valence-electron chi connectivity index (χ0n) is 16.4. The maximum atomic E-state index is 13.1. The number of carbonyl (C=O) groups is 1. The van der Waals surface area contributed by atoms with Gasteiger partial charge in [-0.05, 0) is 36.6 Å². The third-order valence-corrected chi connectivity index (χ3v) is 6.32. The van der Waals surface area contributed by atoms with Crippen LogP contribution in [0.2, 0.25) is 0 Å².